The lowest BCUT2D eigenvalue weighted by Crippen LogP contribution is -2.25. The van der Waals surface area contributed by atoms with Crippen molar-refractivity contribution in [2.24, 2.45) is 0 Å². The number of rotatable bonds is 4. The highest BCUT2D eigenvalue weighted by Gasteiger charge is 2.22. The van der Waals surface area contributed by atoms with Crippen LogP contribution in [-0.2, 0) is 16.0 Å². The zero-order valence-corrected chi connectivity index (χ0v) is 15.0. The molecule has 0 aromatic heterocycles. The zero-order valence-electron chi connectivity index (χ0n) is 13.5. The molecule has 0 unspecified atom stereocenters. The van der Waals surface area contributed by atoms with Crippen LogP contribution in [0.2, 0.25) is 10.0 Å². The van der Waals surface area contributed by atoms with Gasteiger partial charge in [-0.1, -0.05) is 23.2 Å². The van der Waals surface area contributed by atoms with Crippen LogP contribution in [0.4, 0.5) is 11.4 Å². The number of amides is 2. The largest absolute Gasteiger partial charge is 0.484 e. The Morgan fingerprint density at radius 3 is 2.56 bits per heavy atom. The van der Waals surface area contributed by atoms with Crippen molar-refractivity contribution in [2.45, 2.75) is 13.3 Å². The predicted molar refractivity (Wildman–Crippen MR) is 98.8 cm³/mol. The lowest BCUT2D eigenvalue weighted by molar-refractivity contribution is -0.118. The van der Waals surface area contributed by atoms with E-state index in [1.807, 2.05) is 12.1 Å². The van der Waals surface area contributed by atoms with Crippen LogP contribution in [-0.4, -0.2) is 25.0 Å². The highest BCUT2D eigenvalue weighted by molar-refractivity contribution is 6.34. The fourth-order valence-electron chi connectivity index (χ4n) is 2.76. The highest BCUT2D eigenvalue weighted by atomic mass is 35.5. The maximum absolute atomic E-state index is 12.1. The van der Waals surface area contributed by atoms with Crippen LogP contribution < -0.4 is 15.0 Å². The number of carbonyl (C=O) groups is 2. The van der Waals surface area contributed by atoms with Gasteiger partial charge in [0.1, 0.15) is 5.75 Å². The van der Waals surface area contributed by atoms with E-state index >= 15 is 0 Å². The maximum Gasteiger partial charge on any atom is 0.262 e. The SMILES string of the molecule is CC(=O)N1CCc2cc(NC(=O)COc3cc(Cl)cc(Cl)c3)ccc21. The first-order valence-electron chi connectivity index (χ1n) is 7.72. The number of hydrogen-bond donors (Lipinski definition) is 1. The van der Waals surface area contributed by atoms with Crippen LogP contribution in [0.15, 0.2) is 36.4 Å². The molecule has 1 N–H and O–H groups in total. The lowest BCUT2D eigenvalue weighted by atomic mass is 10.1. The average Bonchev–Trinajstić information content (AvgIpc) is 2.95. The molecule has 0 saturated carbocycles. The van der Waals surface area contributed by atoms with Gasteiger partial charge in [-0.15, -0.1) is 0 Å². The molecule has 3 rings (SSSR count). The van der Waals surface area contributed by atoms with E-state index < -0.39 is 0 Å². The van der Waals surface area contributed by atoms with E-state index in [9.17, 15) is 9.59 Å². The van der Waals surface area contributed by atoms with E-state index in [1.165, 1.54) is 0 Å². The summed E-state index contributed by atoms with van der Waals surface area (Å²) in [6, 6.07) is 10.3. The first-order chi connectivity index (χ1) is 11.9. The Hall–Kier alpha value is -2.24. The van der Waals surface area contributed by atoms with Crippen LogP contribution >= 0.6 is 23.2 Å². The standard InChI is InChI=1S/C18H16Cl2N2O3/c1-11(23)22-5-4-12-6-15(2-3-17(12)22)21-18(24)10-25-16-8-13(19)7-14(20)9-16/h2-3,6-9H,4-5,10H2,1H3,(H,21,24). The summed E-state index contributed by atoms with van der Waals surface area (Å²) in [4.78, 5) is 25.4. The van der Waals surface area contributed by atoms with E-state index in [0.29, 0.717) is 28.0 Å². The molecule has 0 spiro atoms. The molecule has 0 aliphatic carbocycles. The Morgan fingerprint density at radius 2 is 1.88 bits per heavy atom. The number of ether oxygens (including phenoxy) is 1. The summed E-state index contributed by atoms with van der Waals surface area (Å²) in [5.41, 5.74) is 2.60. The molecule has 2 aromatic carbocycles. The summed E-state index contributed by atoms with van der Waals surface area (Å²) in [6.45, 7) is 2.05. The summed E-state index contributed by atoms with van der Waals surface area (Å²) in [5.74, 6) is 0.153. The van der Waals surface area contributed by atoms with Crippen molar-refractivity contribution in [1.82, 2.24) is 0 Å². The number of benzene rings is 2. The number of fused-ring (bicyclic) bond motifs is 1. The maximum atomic E-state index is 12.1. The van der Waals surface area contributed by atoms with Crippen LogP contribution in [0.5, 0.6) is 5.75 Å². The van der Waals surface area contributed by atoms with Crippen molar-refractivity contribution in [2.75, 3.05) is 23.4 Å². The predicted octanol–water partition coefficient (Wildman–Crippen LogP) is 3.92. The van der Waals surface area contributed by atoms with Crippen molar-refractivity contribution < 1.29 is 14.3 Å². The van der Waals surface area contributed by atoms with Gasteiger partial charge in [0.05, 0.1) is 0 Å². The van der Waals surface area contributed by atoms with E-state index in [0.717, 1.165) is 17.7 Å². The quantitative estimate of drug-likeness (QED) is 0.876. The molecule has 0 saturated heterocycles. The first kappa shape index (κ1) is 17.6. The van der Waals surface area contributed by atoms with Gasteiger partial charge in [-0.2, -0.15) is 0 Å². The summed E-state index contributed by atoms with van der Waals surface area (Å²) in [5, 5.41) is 3.66. The molecule has 0 atom stereocenters. The van der Waals surface area contributed by atoms with Crippen LogP contribution in [0.3, 0.4) is 0 Å². The van der Waals surface area contributed by atoms with Crippen molar-refractivity contribution in [1.29, 1.82) is 0 Å². The third kappa shape index (κ3) is 4.24. The molecular formula is C18H16Cl2N2O3. The smallest absolute Gasteiger partial charge is 0.262 e. The topological polar surface area (TPSA) is 58.6 Å². The van der Waals surface area contributed by atoms with E-state index in [2.05, 4.69) is 5.32 Å². The highest BCUT2D eigenvalue weighted by Crippen LogP contribution is 2.30. The average molecular weight is 379 g/mol. The number of nitrogens with zero attached hydrogens (tertiary/aromatic N) is 1. The van der Waals surface area contributed by atoms with Crippen molar-refractivity contribution in [3.8, 4) is 5.75 Å². The number of hydrogen-bond acceptors (Lipinski definition) is 3. The molecule has 5 nitrogen and oxygen atoms in total. The molecule has 2 amide bonds. The van der Waals surface area contributed by atoms with Gasteiger partial charge in [0.15, 0.2) is 6.61 Å². The van der Waals surface area contributed by atoms with Gasteiger partial charge in [0.2, 0.25) is 5.91 Å². The summed E-state index contributed by atoms with van der Waals surface area (Å²) in [7, 11) is 0. The van der Waals surface area contributed by atoms with Gasteiger partial charge in [0.25, 0.3) is 5.91 Å². The molecule has 7 heteroatoms. The van der Waals surface area contributed by atoms with E-state index in [1.54, 1.807) is 36.1 Å². The van der Waals surface area contributed by atoms with Crippen molar-refractivity contribution >= 4 is 46.4 Å². The monoisotopic (exact) mass is 378 g/mol. The first-order valence-corrected chi connectivity index (χ1v) is 8.48. The van der Waals surface area contributed by atoms with Gasteiger partial charge < -0.3 is 15.0 Å². The molecule has 1 heterocycles. The Labute approximate surface area is 155 Å². The summed E-state index contributed by atoms with van der Waals surface area (Å²) >= 11 is 11.8. The third-order valence-electron chi connectivity index (χ3n) is 3.84. The minimum absolute atomic E-state index is 0.0177. The molecule has 0 fully saturated rings. The molecule has 0 radical (unpaired) electrons. The molecule has 25 heavy (non-hydrogen) atoms. The Bertz CT molecular complexity index is 819. The zero-order chi connectivity index (χ0) is 18.0. The van der Waals surface area contributed by atoms with Gasteiger partial charge >= 0.3 is 0 Å². The van der Waals surface area contributed by atoms with Crippen LogP contribution in [0, 0.1) is 0 Å². The third-order valence-corrected chi connectivity index (χ3v) is 4.28. The summed E-state index contributed by atoms with van der Waals surface area (Å²) < 4.78 is 5.41. The van der Waals surface area contributed by atoms with Crippen molar-refractivity contribution in [3.63, 3.8) is 0 Å². The van der Waals surface area contributed by atoms with Gasteiger partial charge in [-0.3, -0.25) is 9.59 Å². The van der Waals surface area contributed by atoms with Crippen LogP contribution in [0.1, 0.15) is 12.5 Å². The molecule has 0 bridgehead atoms. The number of anilines is 2. The fraction of sp³-hybridized carbons (Fsp3) is 0.222. The second kappa shape index (κ2) is 7.33. The van der Waals surface area contributed by atoms with Crippen molar-refractivity contribution in [3.05, 3.63) is 52.0 Å². The molecule has 1 aliphatic heterocycles. The molecule has 130 valence electrons. The number of nitrogens with one attached hydrogen (secondary N) is 1. The number of carbonyl (C=O) groups excluding carboxylic acids is 2. The Balaban J connectivity index is 1.61. The molecule has 1 aliphatic rings. The van der Waals surface area contributed by atoms with Gasteiger partial charge in [-0.05, 0) is 48.4 Å². The molecule has 2 aromatic rings. The van der Waals surface area contributed by atoms with E-state index in [4.69, 9.17) is 27.9 Å². The minimum Gasteiger partial charge on any atom is -0.484 e. The normalized spacial score (nSPS) is 12.7. The number of halogens is 2. The van der Waals surface area contributed by atoms with Gasteiger partial charge in [0, 0.05) is 34.9 Å². The second-order valence-corrected chi connectivity index (χ2v) is 6.58. The van der Waals surface area contributed by atoms with Gasteiger partial charge in [-0.25, -0.2) is 0 Å². The minimum atomic E-state index is -0.294. The fourth-order valence-corrected chi connectivity index (χ4v) is 3.27. The Kier molecular flexibility index (Phi) is 5.16. The van der Waals surface area contributed by atoms with Crippen LogP contribution in [0.25, 0.3) is 0 Å². The Morgan fingerprint density at radius 1 is 1.16 bits per heavy atom. The van der Waals surface area contributed by atoms with E-state index in [-0.39, 0.29) is 18.4 Å². The second-order valence-electron chi connectivity index (χ2n) is 5.71. The molecular weight excluding hydrogens is 363 g/mol. The summed E-state index contributed by atoms with van der Waals surface area (Å²) in [6.07, 6.45) is 0.774. The lowest BCUT2D eigenvalue weighted by Gasteiger charge is -2.15.